The van der Waals surface area contributed by atoms with Gasteiger partial charge in [-0.2, -0.15) is 0 Å². The molecular formula is C18H25FN2O4S. The number of halogens is 1. The highest BCUT2D eigenvalue weighted by molar-refractivity contribution is 7.90. The van der Waals surface area contributed by atoms with E-state index >= 15 is 0 Å². The molecule has 1 saturated heterocycles. The predicted molar refractivity (Wildman–Crippen MR) is 96.7 cm³/mol. The minimum atomic E-state index is -3.24. The van der Waals surface area contributed by atoms with E-state index in [0.717, 1.165) is 11.8 Å². The summed E-state index contributed by atoms with van der Waals surface area (Å²) in [5.41, 5.74) is 1.49. The van der Waals surface area contributed by atoms with Gasteiger partial charge in [0.2, 0.25) is 11.8 Å². The molecule has 1 fully saturated rings. The van der Waals surface area contributed by atoms with Gasteiger partial charge in [0.1, 0.15) is 15.7 Å². The van der Waals surface area contributed by atoms with Crippen molar-refractivity contribution in [1.82, 2.24) is 10.2 Å². The number of hydrogen-bond donors (Lipinski definition) is 1. The lowest BCUT2D eigenvalue weighted by molar-refractivity contribution is -0.138. The molecule has 0 aromatic heterocycles. The number of carbonyl (C=O) groups is 2. The minimum Gasteiger partial charge on any atom is -0.359 e. The van der Waals surface area contributed by atoms with E-state index < -0.39 is 9.84 Å². The average Bonchev–Trinajstić information content (AvgIpc) is 2.58. The number of piperidine rings is 1. The van der Waals surface area contributed by atoms with Crippen molar-refractivity contribution in [3.05, 3.63) is 35.1 Å². The monoisotopic (exact) mass is 384 g/mol. The van der Waals surface area contributed by atoms with Crippen molar-refractivity contribution in [2.75, 3.05) is 25.6 Å². The highest BCUT2D eigenvalue weighted by Crippen LogP contribution is 2.36. The van der Waals surface area contributed by atoms with E-state index in [1.165, 1.54) is 12.1 Å². The molecule has 144 valence electrons. The molecule has 1 heterocycles. The Bertz CT molecular complexity index is 794. The van der Waals surface area contributed by atoms with Gasteiger partial charge in [-0.15, -0.1) is 0 Å². The van der Waals surface area contributed by atoms with E-state index in [-0.39, 0.29) is 41.8 Å². The van der Waals surface area contributed by atoms with Crippen LogP contribution in [0.15, 0.2) is 18.2 Å². The second-order valence-corrected chi connectivity index (χ2v) is 9.08. The van der Waals surface area contributed by atoms with Gasteiger partial charge in [-0.1, -0.05) is 6.07 Å². The summed E-state index contributed by atoms with van der Waals surface area (Å²) in [7, 11) is -1.67. The fraction of sp³-hybridized carbons (Fsp3) is 0.556. The summed E-state index contributed by atoms with van der Waals surface area (Å²) in [6.45, 7) is 2.13. The zero-order chi connectivity index (χ0) is 19.5. The maximum atomic E-state index is 13.5. The molecule has 8 heteroatoms. The molecule has 6 nitrogen and oxygen atoms in total. The summed E-state index contributed by atoms with van der Waals surface area (Å²) in [5.74, 6) is -1.16. The summed E-state index contributed by atoms with van der Waals surface area (Å²) in [6.07, 6.45) is 1.94. The predicted octanol–water partition coefficient (Wildman–Crippen LogP) is 1.59. The third-order valence-electron chi connectivity index (χ3n) is 4.82. The van der Waals surface area contributed by atoms with Gasteiger partial charge in [-0.25, -0.2) is 12.8 Å². The molecule has 2 rings (SSSR count). The molecular weight excluding hydrogens is 359 g/mol. The van der Waals surface area contributed by atoms with Crippen LogP contribution in [0.5, 0.6) is 0 Å². The standard InChI is InChI=1S/C18H25FN2O4S/c1-12-10-14(19)4-5-15(12)16-11-13(18(23)20-2)6-8-21(16)17(22)7-9-26(3,24)25/h4-5,10,13,16H,6-9,11H2,1-3H3,(H,20,23). The van der Waals surface area contributed by atoms with Crippen LogP contribution in [0.2, 0.25) is 0 Å². The number of benzene rings is 1. The Hall–Kier alpha value is -1.96. The van der Waals surface area contributed by atoms with E-state index in [9.17, 15) is 22.4 Å². The lowest BCUT2D eigenvalue weighted by atomic mass is 9.85. The lowest BCUT2D eigenvalue weighted by Crippen LogP contribution is -2.45. The van der Waals surface area contributed by atoms with Gasteiger partial charge >= 0.3 is 0 Å². The van der Waals surface area contributed by atoms with Crippen LogP contribution in [0.4, 0.5) is 4.39 Å². The van der Waals surface area contributed by atoms with Crippen molar-refractivity contribution in [2.24, 2.45) is 5.92 Å². The van der Waals surface area contributed by atoms with Crippen molar-refractivity contribution < 1.29 is 22.4 Å². The highest BCUT2D eigenvalue weighted by Gasteiger charge is 2.36. The molecule has 1 aliphatic rings. The van der Waals surface area contributed by atoms with Crippen molar-refractivity contribution in [1.29, 1.82) is 0 Å². The summed E-state index contributed by atoms with van der Waals surface area (Å²) in [4.78, 5) is 26.3. The van der Waals surface area contributed by atoms with Crippen LogP contribution in [-0.4, -0.2) is 50.7 Å². The number of rotatable bonds is 5. The maximum absolute atomic E-state index is 13.5. The number of nitrogens with zero attached hydrogens (tertiary/aromatic N) is 1. The lowest BCUT2D eigenvalue weighted by Gasteiger charge is -2.40. The van der Waals surface area contributed by atoms with Crippen LogP contribution in [0.1, 0.15) is 36.4 Å². The fourth-order valence-electron chi connectivity index (χ4n) is 3.43. The van der Waals surface area contributed by atoms with Gasteiger partial charge in [0, 0.05) is 32.2 Å². The fourth-order valence-corrected chi connectivity index (χ4v) is 3.98. The number of amides is 2. The zero-order valence-electron chi connectivity index (χ0n) is 15.3. The quantitative estimate of drug-likeness (QED) is 0.836. The van der Waals surface area contributed by atoms with Gasteiger partial charge in [-0.05, 0) is 43.0 Å². The van der Waals surface area contributed by atoms with Crippen LogP contribution in [0, 0.1) is 18.7 Å². The first-order valence-corrected chi connectivity index (χ1v) is 10.6. The van der Waals surface area contributed by atoms with E-state index in [1.807, 2.05) is 0 Å². The van der Waals surface area contributed by atoms with Gasteiger partial charge in [0.25, 0.3) is 0 Å². The summed E-state index contributed by atoms with van der Waals surface area (Å²) < 4.78 is 36.2. The molecule has 2 unspecified atom stereocenters. The first-order chi connectivity index (χ1) is 12.1. The van der Waals surface area contributed by atoms with E-state index in [2.05, 4.69) is 5.32 Å². The van der Waals surface area contributed by atoms with Crippen molar-refractivity contribution in [2.45, 2.75) is 32.2 Å². The third kappa shape index (κ3) is 5.03. The van der Waals surface area contributed by atoms with Gasteiger partial charge in [0.05, 0.1) is 11.8 Å². The molecule has 1 aromatic carbocycles. The first-order valence-electron chi connectivity index (χ1n) is 8.57. The molecule has 0 bridgehead atoms. The molecule has 0 radical (unpaired) electrons. The molecule has 2 amide bonds. The Morgan fingerprint density at radius 1 is 1.35 bits per heavy atom. The molecule has 0 saturated carbocycles. The number of aryl methyl sites for hydroxylation is 1. The molecule has 0 spiro atoms. The first kappa shape index (κ1) is 20.4. The third-order valence-corrected chi connectivity index (χ3v) is 5.76. The van der Waals surface area contributed by atoms with Crippen molar-refractivity contribution >= 4 is 21.7 Å². The molecule has 1 aromatic rings. The summed E-state index contributed by atoms with van der Waals surface area (Å²) >= 11 is 0. The maximum Gasteiger partial charge on any atom is 0.224 e. The number of sulfone groups is 1. The number of nitrogens with one attached hydrogen (secondary N) is 1. The van der Waals surface area contributed by atoms with Crippen molar-refractivity contribution in [3.63, 3.8) is 0 Å². The SMILES string of the molecule is CNC(=O)C1CCN(C(=O)CCS(C)(=O)=O)C(c2ccc(F)cc2C)C1. The second kappa shape index (κ2) is 8.16. The van der Waals surface area contributed by atoms with Crippen molar-refractivity contribution in [3.8, 4) is 0 Å². The molecule has 0 aliphatic carbocycles. The molecule has 2 atom stereocenters. The smallest absolute Gasteiger partial charge is 0.224 e. The zero-order valence-corrected chi connectivity index (χ0v) is 16.1. The normalized spacial score (nSPS) is 20.7. The van der Waals surface area contributed by atoms with E-state index in [0.29, 0.717) is 24.9 Å². The van der Waals surface area contributed by atoms with Gasteiger partial charge < -0.3 is 10.2 Å². The number of likely N-dealkylation sites (tertiary alicyclic amines) is 1. The summed E-state index contributed by atoms with van der Waals surface area (Å²) in [5, 5.41) is 2.64. The highest BCUT2D eigenvalue weighted by atomic mass is 32.2. The Labute approximate surface area is 153 Å². The van der Waals surface area contributed by atoms with Crippen LogP contribution in [-0.2, 0) is 19.4 Å². The van der Waals surface area contributed by atoms with Gasteiger partial charge in [-0.3, -0.25) is 9.59 Å². The molecule has 26 heavy (non-hydrogen) atoms. The Morgan fingerprint density at radius 2 is 2.04 bits per heavy atom. The molecule has 1 aliphatic heterocycles. The largest absolute Gasteiger partial charge is 0.359 e. The minimum absolute atomic E-state index is 0.0852. The molecule has 1 N–H and O–H groups in total. The van der Waals surface area contributed by atoms with Crippen LogP contribution in [0.25, 0.3) is 0 Å². The van der Waals surface area contributed by atoms with Crippen LogP contribution in [0.3, 0.4) is 0 Å². The Morgan fingerprint density at radius 3 is 2.62 bits per heavy atom. The Kier molecular flexibility index (Phi) is 6.39. The van der Waals surface area contributed by atoms with E-state index in [1.54, 1.807) is 24.9 Å². The second-order valence-electron chi connectivity index (χ2n) is 6.82. The van der Waals surface area contributed by atoms with Crippen LogP contribution >= 0.6 is 0 Å². The Balaban J connectivity index is 2.30. The van der Waals surface area contributed by atoms with Crippen LogP contribution < -0.4 is 5.32 Å². The van der Waals surface area contributed by atoms with E-state index in [4.69, 9.17) is 0 Å². The average molecular weight is 384 g/mol. The number of hydrogen-bond acceptors (Lipinski definition) is 4. The van der Waals surface area contributed by atoms with Gasteiger partial charge in [0.15, 0.2) is 0 Å². The number of carbonyl (C=O) groups excluding carboxylic acids is 2. The summed E-state index contributed by atoms with van der Waals surface area (Å²) in [6, 6.07) is 4.00. The topological polar surface area (TPSA) is 83.6 Å².